The molecule has 19 heavy (non-hydrogen) atoms. The zero-order valence-corrected chi connectivity index (χ0v) is 12.6. The van der Waals surface area contributed by atoms with E-state index in [0.717, 1.165) is 22.9 Å². The molecule has 3 rings (SSSR count). The van der Waals surface area contributed by atoms with Crippen molar-refractivity contribution >= 4 is 15.9 Å². The summed E-state index contributed by atoms with van der Waals surface area (Å²) in [5.74, 6) is 0. The average Bonchev–Trinajstić information content (AvgIpc) is 2.67. The Morgan fingerprint density at radius 3 is 2.84 bits per heavy atom. The predicted molar refractivity (Wildman–Crippen MR) is 81.2 cm³/mol. The van der Waals surface area contributed by atoms with E-state index in [1.165, 1.54) is 16.7 Å². The first-order chi connectivity index (χ1) is 9.07. The molecular weight excluding hydrogens is 300 g/mol. The van der Waals surface area contributed by atoms with E-state index in [9.17, 15) is 5.11 Å². The molecule has 0 heterocycles. The molecule has 1 atom stereocenters. The van der Waals surface area contributed by atoms with Crippen LogP contribution in [0.15, 0.2) is 46.9 Å². The lowest BCUT2D eigenvalue weighted by Crippen LogP contribution is -2.25. The van der Waals surface area contributed by atoms with Gasteiger partial charge in [-0.2, -0.15) is 0 Å². The number of hydrogen-bond donors (Lipinski definition) is 1. The van der Waals surface area contributed by atoms with Crippen LogP contribution in [0, 0.1) is 6.92 Å². The third kappa shape index (κ3) is 2.47. The summed E-state index contributed by atoms with van der Waals surface area (Å²) in [5, 5.41) is 11.0. The molecule has 0 aliphatic heterocycles. The van der Waals surface area contributed by atoms with E-state index in [4.69, 9.17) is 0 Å². The smallest absolute Gasteiger partial charge is 0.0942 e. The third-order valence-electron chi connectivity index (χ3n) is 3.96. The monoisotopic (exact) mass is 316 g/mol. The van der Waals surface area contributed by atoms with E-state index in [2.05, 4.69) is 53.2 Å². The molecule has 1 nitrogen and oxygen atoms in total. The molecule has 0 spiro atoms. The van der Waals surface area contributed by atoms with E-state index in [1.807, 2.05) is 12.1 Å². The largest absolute Gasteiger partial charge is 0.385 e. The van der Waals surface area contributed by atoms with Crippen LogP contribution in [0.5, 0.6) is 0 Å². The summed E-state index contributed by atoms with van der Waals surface area (Å²) in [6.07, 6.45) is 2.47. The maximum absolute atomic E-state index is 11.0. The van der Waals surface area contributed by atoms with Crippen LogP contribution in [0.4, 0.5) is 0 Å². The molecule has 2 aromatic rings. The summed E-state index contributed by atoms with van der Waals surface area (Å²) in [4.78, 5) is 0. The van der Waals surface area contributed by atoms with Crippen LogP contribution >= 0.6 is 15.9 Å². The zero-order valence-electron chi connectivity index (χ0n) is 11.0. The number of aryl methyl sites for hydroxylation is 2. The molecule has 0 amide bonds. The molecule has 2 aromatic carbocycles. The second-order valence-electron chi connectivity index (χ2n) is 5.50. The van der Waals surface area contributed by atoms with E-state index >= 15 is 0 Å². The van der Waals surface area contributed by atoms with Gasteiger partial charge < -0.3 is 5.11 Å². The molecule has 0 saturated carbocycles. The minimum Gasteiger partial charge on any atom is -0.385 e. The second kappa shape index (κ2) is 4.77. The summed E-state index contributed by atoms with van der Waals surface area (Å²) in [6.45, 7) is 2.08. The van der Waals surface area contributed by atoms with Gasteiger partial charge in [0.15, 0.2) is 0 Å². The maximum atomic E-state index is 11.0. The summed E-state index contributed by atoms with van der Waals surface area (Å²) in [5.41, 5.74) is 4.09. The van der Waals surface area contributed by atoms with Gasteiger partial charge in [-0.05, 0) is 48.6 Å². The average molecular weight is 317 g/mol. The molecule has 2 heteroatoms. The van der Waals surface area contributed by atoms with Crippen LogP contribution in [0.1, 0.15) is 28.7 Å². The van der Waals surface area contributed by atoms with Crippen LogP contribution in [0.3, 0.4) is 0 Å². The van der Waals surface area contributed by atoms with Gasteiger partial charge in [0.2, 0.25) is 0 Å². The molecule has 0 bridgehead atoms. The number of rotatable bonds is 2. The van der Waals surface area contributed by atoms with Crippen molar-refractivity contribution in [2.75, 3.05) is 0 Å². The molecule has 1 aliphatic carbocycles. The van der Waals surface area contributed by atoms with E-state index in [0.29, 0.717) is 6.42 Å². The number of halogens is 1. The van der Waals surface area contributed by atoms with Crippen LogP contribution < -0.4 is 0 Å². The van der Waals surface area contributed by atoms with Crippen LogP contribution in [-0.4, -0.2) is 5.11 Å². The van der Waals surface area contributed by atoms with Crippen molar-refractivity contribution < 1.29 is 5.11 Å². The fourth-order valence-electron chi connectivity index (χ4n) is 2.99. The molecule has 1 unspecified atom stereocenters. The highest BCUT2D eigenvalue weighted by Gasteiger charge is 2.36. The van der Waals surface area contributed by atoms with Gasteiger partial charge >= 0.3 is 0 Å². The summed E-state index contributed by atoms with van der Waals surface area (Å²) >= 11 is 3.49. The fraction of sp³-hybridized carbons (Fsp3) is 0.294. The molecule has 1 N–H and O–H groups in total. The van der Waals surface area contributed by atoms with Gasteiger partial charge in [0.1, 0.15) is 0 Å². The highest BCUT2D eigenvalue weighted by Crippen LogP contribution is 2.40. The Morgan fingerprint density at radius 1 is 1.21 bits per heavy atom. The van der Waals surface area contributed by atoms with Crippen molar-refractivity contribution in [3.8, 4) is 0 Å². The minimum absolute atomic E-state index is 0.683. The fourth-order valence-corrected chi connectivity index (χ4v) is 3.43. The molecular formula is C17H17BrO. The zero-order chi connectivity index (χ0) is 13.5. The van der Waals surface area contributed by atoms with Gasteiger partial charge in [-0.15, -0.1) is 0 Å². The maximum Gasteiger partial charge on any atom is 0.0942 e. The first-order valence-electron chi connectivity index (χ1n) is 6.64. The Hall–Kier alpha value is -1.12. The Balaban J connectivity index is 1.96. The lowest BCUT2D eigenvalue weighted by atomic mass is 9.88. The lowest BCUT2D eigenvalue weighted by Gasteiger charge is -2.24. The molecule has 1 aliphatic rings. The van der Waals surface area contributed by atoms with E-state index < -0.39 is 5.60 Å². The van der Waals surface area contributed by atoms with Crippen molar-refractivity contribution in [1.82, 2.24) is 0 Å². The van der Waals surface area contributed by atoms with Gasteiger partial charge in [-0.3, -0.25) is 0 Å². The van der Waals surface area contributed by atoms with Gasteiger partial charge in [-0.25, -0.2) is 0 Å². The SMILES string of the molecule is Cc1ccc2c(c1)C(O)(Cc1cccc(Br)c1)CC2. The normalized spacial score (nSPS) is 21.4. The standard InChI is InChI=1S/C17H17BrO/c1-12-5-6-14-7-8-17(19,16(14)9-12)11-13-3-2-4-15(18)10-13/h2-6,9-10,19H,7-8,11H2,1H3. The van der Waals surface area contributed by atoms with Gasteiger partial charge in [0.05, 0.1) is 5.60 Å². The highest BCUT2D eigenvalue weighted by atomic mass is 79.9. The van der Waals surface area contributed by atoms with Gasteiger partial charge in [-0.1, -0.05) is 51.8 Å². The summed E-state index contributed by atoms with van der Waals surface area (Å²) < 4.78 is 1.07. The van der Waals surface area contributed by atoms with Crippen LogP contribution in [0.25, 0.3) is 0 Å². The summed E-state index contributed by atoms with van der Waals surface area (Å²) in [6, 6.07) is 14.6. The van der Waals surface area contributed by atoms with Crippen molar-refractivity contribution in [1.29, 1.82) is 0 Å². The predicted octanol–water partition coefficient (Wildman–Crippen LogP) is 4.13. The van der Waals surface area contributed by atoms with E-state index in [-0.39, 0.29) is 0 Å². The molecule has 0 fully saturated rings. The lowest BCUT2D eigenvalue weighted by molar-refractivity contribution is 0.0389. The van der Waals surface area contributed by atoms with E-state index in [1.54, 1.807) is 0 Å². The number of aliphatic hydroxyl groups is 1. The third-order valence-corrected chi connectivity index (χ3v) is 4.45. The minimum atomic E-state index is -0.706. The van der Waals surface area contributed by atoms with Crippen molar-refractivity contribution in [3.05, 3.63) is 69.2 Å². The summed E-state index contributed by atoms with van der Waals surface area (Å²) in [7, 11) is 0. The Morgan fingerprint density at radius 2 is 2.05 bits per heavy atom. The van der Waals surface area contributed by atoms with Crippen molar-refractivity contribution in [2.24, 2.45) is 0 Å². The van der Waals surface area contributed by atoms with Crippen LogP contribution in [-0.2, 0) is 18.4 Å². The number of fused-ring (bicyclic) bond motifs is 1. The van der Waals surface area contributed by atoms with Gasteiger partial charge in [0, 0.05) is 10.9 Å². The quantitative estimate of drug-likeness (QED) is 0.883. The Labute approximate surface area is 122 Å². The Bertz CT molecular complexity index is 620. The molecule has 0 radical (unpaired) electrons. The number of hydrogen-bond acceptors (Lipinski definition) is 1. The molecule has 0 saturated heterocycles. The number of benzene rings is 2. The van der Waals surface area contributed by atoms with Crippen molar-refractivity contribution in [3.63, 3.8) is 0 Å². The highest BCUT2D eigenvalue weighted by molar-refractivity contribution is 9.10. The second-order valence-corrected chi connectivity index (χ2v) is 6.41. The first-order valence-corrected chi connectivity index (χ1v) is 7.43. The topological polar surface area (TPSA) is 20.2 Å². The molecule has 98 valence electrons. The first kappa shape index (κ1) is 12.9. The molecule has 0 aromatic heterocycles. The Kier molecular flexibility index (Phi) is 3.23. The van der Waals surface area contributed by atoms with Gasteiger partial charge in [0.25, 0.3) is 0 Å². The van der Waals surface area contributed by atoms with Crippen LogP contribution in [0.2, 0.25) is 0 Å². The van der Waals surface area contributed by atoms with Crippen molar-refractivity contribution in [2.45, 2.75) is 31.8 Å².